The van der Waals surface area contributed by atoms with Gasteiger partial charge in [-0.15, -0.1) is 6.58 Å². The summed E-state index contributed by atoms with van der Waals surface area (Å²) in [4.78, 5) is 56.8. The Balaban J connectivity index is 0.841. The molecule has 6 aromatic carbocycles. The highest BCUT2D eigenvalue weighted by atomic mass is 32.2. The lowest BCUT2D eigenvalue weighted by Crippen LogP contribution is -2.48. The van der Waals surface area contributed by atoms with E-state index in [-0.39, 0.29) is 68.1 Å². The van der Waals surface area contributed by atoms with Crippen LogP contribution in [-0.2, 0) is 58.0 Å². The first kappa shape index (κ1) is 62.9. The second-order valence-electron chi connectivity index (χ2n) is 21.6. The molecule has 3 atom stereocenters. The van der Waals surface area contributed by atoms with Crippen molar-refractivity contribution < 1.29 is 56.1 Å². The molecule has 450 valence electrons. The largest absolute Gasteiger partial charge is 0.497 e. The fraction of sp³-hybridized carbons (Fsp3) is 0.369. The molecule has 1 N–H and O–H groups in total. The van der Waals surface area contributed by atoms with E-state index in [1.54, 1.807) is 68.5 Å². The molecule has 85 heavy (non-hydrogen) atoms. The molecule has 1 unspecified atom stereocenters. The highest BCUT2D eigenvalue weighted by Crippen LogP contribution is 2.43. The Hall–Kier alpha value is -8.14. The standard InChI is InChI=1S/C65H76N6O13S/c1-7-37-69(63(74)83-45-48-18-26-55(27-19-48)71(75)76)54-34-38-68(39-35-54)40-36-64(2,50-14-10-8-11-15-50)47-67(3)85(77,78)60-32-20-49(21-33-60)44-82-62(73)66-42-61(72)70-43-59(81-6)41-56(70)46-84-65(51-16-12-9-13-17-51,52-22-28-57(79-4)29-23-52)53-24-30-58(80-5)31-25-53/h7-33,54,56,59H,1,34-47H2,2-6H3,(H,66,73)/t56-,59+,64?/m0/s1. The van der Waals surface area contributed by atoms with E-state index in [1.165, 1.54) is 28.6 Å². The van der Waals surface area contributed by atoms with E-state index in [2.05, 4.69) is 23.7 Å². The summed E-state index contributed by atoms with van der Waals surface area (Å²) in [5, 5.41) is 13.7. The van der Waals surface area contributed by atoms with Crippen LogP contribution in [0.25, 0.3) is 0 Å². The van der Waals surface area contributed by atoms with Gasteiger partial charge in [0.25, 0.3) is 5.69 Å². The van der Waals surface area contributed by atoms with Crippen LogP contribution in [-0.4, -0.2) is 149 Å². The van der Waals surface area contributed by atoms with Gasteiger partial charge in [-0.05, 0) is 114 Å². The SMILES string of the molecule is C=CCN(C(=O)OCc1ccc([N+](=O)[O-])cc1)C1CCN(CCC(C)(CN(C)S(=O)(=O)c2ccc(COC(=O)NCC(=O)N3C[C@H](OC)C[C@H]3COC(c3ccccc3)(c3ccc(OC)cc3)c3ccc(OC)cc3)cc2)c2ccccc2)CC1. The molecule has 0 saturated carbocycles. The molecule has 2 aliphatic heterocycles. The molecule has 0 radical (unpaired) electrons. The number of non-ortho nitro benzene ring substituents is 1. The molecule has 20 heteroatoms. The van der Waals surface area contributed by atoms with Crippen LogP contribution in [0, 0.1) is 10.1 Å². The van der Waals surface area contributed by atoms with Crippen LogP contribution in [0.1, 0.15) is 66.0 Å². The number of nitrogens with one attached hydrogen (secondary N) is 1. The first-order valence-electron chi connectivity index (χ1n) is 28.3. The Labute approximate surface area is 498 Å². The number of ether oxygens (including phenoxy) is 6. The lowest BCUT2D eigenvalue weighted by Gasteiger charge is -2.40. The van der Waals surface area contributed by atoms with Crippen molar-refractivity contribution in [2.75, 3.05) is 80.8 Å². The zero-order valence-electron chi connectivity index (χ0n) is 48.9. The van der Waals surface area contributed by atoms with Crippen molar-refractivity contribution >= 4 is 33.8 Å². The van der Waals surface area contributed by atoms with Crippen molar-refractivity contribution in [2.45, 2.75) is 79.9 Å². The van der Waals surface area contributed by atoms with Crippen LogP contribution >= 0.6 is 0 Å². The number of rotatable bonds is 27. The molecule has 0 bridgehead atoms. The molecule has 2 aliphatic rings. The van der Waals surface area contributed by atoms with Gasteiger partial charge in [-0.25, -0.2) is 22.3 Å². The average Bonchev–Trinajstić information content (AvgIpc) is 2.96. The summed E-state index contributed by atoms with van der Waals surface area (Å²) in [5.74, 6) is 1.03. The van der Waals surface area contributed by atoms with Gasteiger partial charge in [0, 0.05) is 70.5 Å². The van der Waals surface area contributed by atoms with E-state index in [1.807, 2.05) is 109 Å². The van der Waals surface area contributed by atoms with Gasteiger partial charge in [0.15, 0.2) is 0 Å². The minimum absolute atomic E-state index is 0.0206. The van der Waals surface area contributed by atoms with Gasteiger partial charge in [0.05, 0.1) is 42.8 Å². The van der Waals surface area contributed by atoms with Crippen LogP contribution in [0.5, 0.6) is 11.5 Å². The molecule has 3 amide bonds. The van der Waals surface area contributed by atoms with Crippen molar-refractivity contribution in [1.82, 2.24) is 24.3 Å². The molecule has 2 fully saturated rings. The van der Waals surface area contributed by atoms with Crippen LogP contribution in [0.15, 0.2) is 175 Å². The first-order chi connectivity index (χ1) is 41.0. The van der Waals surface area contributed by atoms with E-state index >= 15 is 0 Å². The van der Waals surface area contributed by atoms with Crippen molar-refractivity contribution in [3.8, 4) is 11.5 Å². The van der Waals surface area contributed by atoms with Gasteiger partial charge >= 0.3 is 12.2 Å². The van der Waals surface area contributed by atoms with Crippen molar-refractivity contribution in [3.05, 3.63) is 214 Å². The maximum Gasteiger partial charge on any atom is 0.410 e. The second-order valence-corrected chi connectivity index (χ2v) is 23.7. The highest BCUT2D eigenvalue weighted by molar-refractivity contribution is 7.89. The fourth-order valence-electron chi connectivity index (χ4n) is 11.2. The number of hydrogen-bond acceptors (Lipinski definition) is 14. The van der Waals surface area contributed by atoms with Gasteiger partial charge in [-0.1, -0.05) is 110 Å². The molecule has 8 rings (SSSR count). The number of carbonyl (C=O) groups is 3. The Morgan fingerprint density at radius 2 is 1.29 bits per heavy atom. The summed E-state index contributed by atoms with van der Waals surface area (Å²) < 4.78 is 64.9. The van der Waals surface area contributed by atoms with E-state index < -0.39 is 44.2 Å². The third-order valence-corrected chi connectivity index (χ3v) is 18.0. The molecule has 6 aromatic rings. The second kappa shape index (κ2) is 29.1. The molecule has 0 spiro atoms. The van der Waals surface area contributed by atoms with Gasteiger partial charge in [0.2, 0.25) is 15.9 Å². The molecule has 19 nitrogen and oxygen atoms in total. The molecular formula is C65H76N6O13S. The van der Waals surface area contributed by atoms with Crippen molar-refractivity contribution in [1.29, 1.82) is 0 Å². The van der Waals surface area contributed by atoms with Crippen molar-refractivity contribution in [2.24, 2.45) is 0 Å². The number of likely N-dealkylation sites (tertiary alicyclic amines) is 2. The summed E-state index contributed by atoms with van der Waals surface area (Å²) in [6, 6.07) is 46.7. The maximum absolute atomic E-state index is 14.2. The third-order valence-electron chi connectivity index (χ3n) is 16.2. The minimum Gasteiger partial charge on any atom is -0.497 e. The lowest BCUT2D eigenvalue weighted by molar-refractivity contribution is -0.384. The quantitative estimate of drug-likeness (QED) is 0.0220. The average molecular weight is 1180 g/mol. The van der Waals surface area contributed by atoms with E-state index in [0.717, 1.165) is 22.3 Å². The molecular weight excluding hydrogens is 1100 g/mol. The Bertz CT molecular complexity index is 3230. The van der Waals surface area contributed by atoms with Gasteiger partial charge < -0.3 is 48.4 Å². The first-order valence-corrected chi connectivity index (χ1v) is 29.8. The summed E-state index contributed by atoms with van der Waals surface area (Å²) >= 11 is 0. The number of carbonyl (C=O) groups excluding carboxylic acids is 3. The number of nitro groups is 1. The Morgan fingerprint density at radius 3 is 1.84 bits per heavy atom. The molecule has 2 saturated heterocycles. The fourth-order valence-corrected chi connectivity index (χ4v) is 12.5. The van der Waals surface area contributed by atoms with E-state index in [0.29, 0.717) is 74.5 Å². The summed E-state index contributed by atoms with van der Waals surface area (Å²) in [5.41, 5.74) is 3.00. The predicted octanol–water partition coefficient (Wildman–Crippen LogP) is 9.72. The van der Waals surface area contributed by atoms with Gasteiger partial charge in [-0.2, -0.15) is 0 Å². The number of methoxy groups -OCH3 is 3. The Kier molecular flexibility index (Phi) is 21.5. The van der Waals surface area contributed by atoms with Crippen LogP contribution < -0.4 is 14.8 Å². The summed E-state index contributed by atoms with van der Waals surface area (Å²) in [7, 11) is 2.43. The number of likely N-dealkylation sites (N-methyl/N-ethyl adjacent to an activating group) is 1. The zero-order chi connectivity index (χ0) is 60.6. The highest BCUT2D eigenvalue weighted by Gasteiger charge is 2.42. The summed E-state index contributed by atoms with van der Waals surface area (Å²) in [6.45, 7) is 8.39. The number of nitro benzene ring substituents is 1. The minimum atomic E-state index is -3.98. The van der Waals surface area contributed by atoms with Gasteiger partial charge in [0.1, 0.15) is 36.9 Å². The zero-order valence-corrected chi connectivity index (χ0v) is 49.7. The van der Waals surface area contributed by atoms with E-state index in [9.17, 15) is 32.9 Å². The molecule has 0 aliphatic carbocycles. The van der Waals surface area contributed by atoms with Crippen molar-refractivity contribution in [3.63, 3.8) is 0 Å². The maximum atomic E-state index is 14.2. The van der Waals surface area contributed by atoms with E-state index in [4.69, 9.17) is 28.4 Å². The summed E-state index contributed by atoms with van der Waals surface area (Å²) in [6.07, 6.45) is 2.63. The number of piperidine rings is 1. The van der Waals surface area contributed by atoms with Gasteiger partial charge in [-0.3, -0.25) is 14.9 Å². The molecule has 2 heterocycles. The number of benzene rings is 6. The predicted molar refractivity (Wildman–Crippen MR) is 322 cm³/mol. The number of nitrogens with zero attached hydrogens (tertiary/aromatic N) is 5. The van der Waals surface area contributed by atoms with Crippen LogP contribution in [0.3, 0.4) is 0 Å². The number of sulfonamides is 1. The monoisotopic (exact) mass is 1180 g/mol. The van der Waals surface area contributed by atoms with Crippen LogP contribution in [0.4, 0.5) is 15.3 Å². The van der Waals surface area contributed by atoms with Crippen LogP contribution in [0.2, 0.25) is 0 Å². The third kappa shape index (κ3) is 15.6. The normalized spacial score (nSPS) is 16.5. The topological polar surface area (TPSA) is 209 Å². The smallest absolute Gasteiger partial charge is 0.410 e. The number of alkyl carbamates (subject to hydrolysis) is 1. The number of hydrogen-bond donors (Lipinski definition) is 1. The molecule has 0 aromatic heterocycles. The Morgan fingerprint density at radius 1 is 0.753 bits per heavy atom. The number of amides is 3. The lowest BCUT2D eigenvalue weighted by atomic mass is 9.79.